The molecule has 1 aromatic carbocycles. The fourth-order valence-corrected chi connectivity index (χ4v) is 2.54. The van der Waals surface area contributed by atoms with Crippen molar-refractivity contribution in [2.45, 2.75) is 52.4 Å². The van der Waals surface area contributed by atoms with Crippen molar-refractivity contribution >= 4 is 17.7 Å². The minimum atomic E-state index is -0.480. The van der Waals surface area contributed by atoms with Crippen LogP contribution in [-0.2, 0) is 4.79 Å². The lowest BCUT2D eigenvalue weighted by Crippen LogP contribution is -2.37. The molecular formula is C17H27NO2S. The molecule has 1 atom stereocenters. The van der Waals surface area contributed by atoms with Crippen LogP contribution in [0, 0.1) is 13.8 Å². The van der Waals surface area contributed by atoms with Gasteiger partial charge in [-0.25, -0.2) is 0 Å². The van der Waals surface area contributed by atoms with Crippen molar-refractivity contribution in [3.8, 4) is 5.75 Å². The molecule has 0 aromatic heterocycles. The molecule has 0 aliphatic heterocycles. The summed E-state index contributed by atoms with van der Waals surface area (Å²) in [4.78, 5) is 12.0. The van der Waals surface area contributed by atoms with E-state index in [-0.39, 0.29) is 10.7 Å². The largest absolute Gasteiger partial charge is 0.481 e. The van der Waals surface area contributed by atoms with Crippen LogP contribution in [0.3, 0.4) is 0 Å². The van der Waals surface area contributed by atoms with Gasteiger partial charge < -0.3 is 10.1 Å². The number of nitrogens with one attached hydrogen (secondary N) is 1. The minimum Gasteiger partial charge on any atom is -0.481 e. The third-order valence-corrected chi connectivity index (χ3v) is 4.37. The quantitative estimate of drug-likeness (QED) is 0.814. The Labute approximate surface area is 132 Å². The van der Waals surface area contributed by atoms with Crippen molar-refractivity contribution in [3.05, 3.63) is 29.3 Å². The lowest BCUT2D eigenvalue weighted by atomic mass is 10.1. The van der Waals surface area contributed by atoms with Crippen LogP contribution in [-0.4, -0.2) is 29.1 Å². The van der Waals surface area contributed by atoms with Crippen LogP contribution in [0.2, 0.25) is 0 Å². The van der Waals surface area contributed by atoms with Crippen molar-refractivity contribution in [1.29, 1.82) is 0 Å². The summed E-state index contributed by atoms with van der Waals surface area (Å²) < 4.78 is 5.92. The Bertz CT molecular complexity index is 480. The average molecular weight is 309 g/mol. The molecule has 1 N–H and O–H groups in total. The molecule has 4 heteroatoms. The van der Waals surface area contributed by atoms with Gasteiger partial charge in [-0.2, -0.15) is 11.8 Å². The van der Waals surface area contributed by atoms with Gasteiger partial charge in [-0.05, 0) is 44.0 Å². The predicted octanol–water partition coefficient (Wildman–Crippen LogP) is 3.72. The molecule has 0 saturated heterocycles. The van der Waals surface area contributed by atoms with E-state index in [4.69, 9.17) is 4.74 Å². The summed E-state index contributed by atoms with van der Waals surface area (Å²) in [5.41, 5.74) is 2.39. The summed E-state index contributed by atoms with van der Waals surface area (Å²) in [6.07, 6.45) is -0.480. The Morgan fingerprint density at radius 3 is 2.52 bits per heavy atom. The first-order chi connectivity index (χ1) is 9.69. The summed E-state index contributed by atoms with van der Waals surface area (Å²) in [5, 5.41) is 2.92. The molecule has 0 spiro atoms. The molecule has 0 unspecified atom stereocenters. The topological polar surface area (TPSA) is 38.3 Å². The van der Waals surface area contributed by atoms with Gasteiger partial charge in [0.2, 0.25) is 0 Å². The number of benzene rings is 1. The van der Waals surface area contributed by atoms with Gasteiger partial charge in [0.05, 0.1) is 0 Å². The number of rotatable bonds is 6. The van der Waals surface area contributed by atoms with Crippen LogP contribution in [0.4, 0.5) is 0 Å². The Hall–Kier alpha value is -1.16. The summed E-state index contributed by atoms with van der Waals surface area (Å²) in [7, 11) is 0. The van der Waals surface area contributed by atoms with Gasteiger partial charge >= 0.3 is 0 Å². The van der Waals surface area contributed by atoms with Crippen molar-refractivity contribution in [1.82, 2.24) is 5.32 Å². The van der Waals surface area contributed by atoms with Crippen molar-refractivity contribution in [3.63, 3.8) is 0 Å². The first-order valence-corrected chi connectivity index (χ1v) is 8.33. The van der Waals surface area contributed by atoms with E-state index in [2.05, 4.69) is 33.0 Å². The third kappa shape index (κ3) is 6.89. The first kappa shape index (κ1) is 17.9. The van der Waals surface area contributed by atoms with Crippen LogP contribution in [0.5, 0.6) is 5.75 Å². The number of carbonyl (C=O) groups is 1. The number of thioether (sulfide) groups is 1. The second-order valence-electron chi connectivity index (χ2n) is 6.26. The smallest absolute Gasteiger partial charge is 0.260 e. The normalized spacial score (nSPS) is 12.9. The highest BCUT2D eigenvalue weighted by atomic mass is 32.2. The first-order valence-electron chi connectivity index (χ1n) is 7.34. The molecule has 0 radical (unpaired) electrons. The summed E-state index contributed by atoms with van der Waals surface area (Å²) in [6, 6.07) is 5.88. The Balaban J connectivity index is 2.39. The molecule has 0 heterocycles. The Kier molecular flexibility index (Phi) is 6.59. The van der Waals surface area contributed by atoms with E-state index in [0.29, 0.717) is 6.54 Å². The van der Waals surface area contributed by atoms with E-state index in [1.807, 2.05) is 36.9 Å². The molecule has 0 saturated carbocycles. The Morgan fingerprint density at radius 1 is 1.29 bits per heavy atom. The Morgan fingerprint density at radius 2 is 1.95 bits per heavy atom. The van der Waals surface area contributed by atoms with E-state index in [1.165, 1.54) is 11.1 Å². The van der Waals surface area contributed by atoms with E-state index in [0.717, 1.165) is 11.5 Å². The fraction of sp³-hybridized carbons (Fsp3) is 0.588. The monoisotopic (exact) mass is 309 g/mol. The van der Waals surface area contributed by atoms with Crippen molar-refractivity contribution in [2.24, 2.45) is 0 Å². The van der Waals surface area contributed by atoms with Crippen LogP contribution in [0.1, 0.15) is 38.8 Å². The minimum absolute atomic E-state index is 0.0669. The number of amides is 1. The number of carbonyl (C=O) groups excluding carboxylic acids is 1. The lowest BCUT2D eigenvalue weighted by Gasteiger charge is -2.19. The van der Waals surface area contributed by atoms with Gasteiger partial charge in [0, 0.05) is 17.0 Å². The van der Waals surface area contributed by atoms with Gasteiger partial charge in [-0.1, -0.05) is 26.8 Å². The zero-order valence-electron chi connectivity index (χ0n) is 13.9. The number of hydrogen-bond acceptors (Lipinski definition) is 3. The number of aryl methyl sites for hydroxylation is 2. The van der Waals surface area contributed by atoms with Crippen LogP contribution in [0.15, 0.2) is 18.2 Å². The molecule has 21 heavy (non-hydrogen) atoms. The van der Waals surface area contributed by atoms with Gasteiger partial charge in [-0.3, -0.25) is 4.79 Å². The highest BCUT2D eigenvalue weighted by molar-refractivity contribution is 8.00. The van der Waals surface area contributed by atoms with Crippen LogP contribution >= 0.6 is 11.8 Å². The van der Waals surface area contributed by atoms with E-state index >= 15 is 0 Å². The van der Waals surface area contributed by atoms with Gasteiger partial charge in [0.1, 0.15) is 5.75 Å². The van der Waals surface area contributed by atoms with E-state index < -0.39 is 6.10 Å². The molecule has 0 aliphatic rings. The molecule has 1 aromatic rings. The highest BCUT2D eigenvalue weighted by Crippen LogP contribution is 2.22. The lowest BCUT2D eigenvalue weighted by molar-refractivity contribution is -0.127. The predicted molar refractivity (Wildman–Crippen MR) is 91.2 cm³/mol. The maximum atomic E-state index is 12.0. The van der Waals surface area contributed by atoms with Crippen LogP contribution < -0.4 is 10.1 Å². The highest BCUT2D eigenvalue weighted by Gasteiger charge is 2.15. The maximum Gasteiger partial charge on any atom is 0.260 e. The van der Waals surface area contributed by atoms with Gasteiger partial charge in [-0.15, -0.1) is 0 Å². The van der Waals surface area contributed by atoms with Crippen molar-refractivity contribution < 1.29 is 9.53 Å². The number of hydrogen-bond donors (Lipinski definition) is 1. The molecule has 1 amide bonds. The summed E-state index contributed by atoms with van der Waals surface area (Å²) >= 11 is 1.84. The maximum absolute atomic E-state index is 12.0. The third-order valence-electron chi connectivity index (χ3n) is 3.10. The molecule has 0 aliphatic carbocycles. The molecule has 118 valence electrons. The van der Waals surface area contributed by atoms with Gasteiger partial charge in [0.15, 0.2) is 6.10 Å². The fourth-order valence-electron chi connectivity index (χ4n) is 1.72. The zero-order valence-corrected chi connectivity index (χ0v) is 14.8. The second-order valence-corrected chi connectivity index (χ2v) is 8.18. The van der Waals surface area contributed by atoms with E-state index in [1.54, 1.807) is 6.92 Å². The molecular weight excluding hydrogens is 282 g/mol. The van der Waals surface area contributed by atoms with Gasteiger partial charge in [0.25, 0.3) is 5.91 Å². The van der Waals surface area contributed by atoms with Crippen LogP contribution in [0.25, 0.3) is 0 Å². The summed E-state index contributed by atoms with van der Waals surface area (Å²) in [5.74, 6) is 1.58. The molecule has 0 bridgehead atoms. The molecule has 3 nitrogen and oxygen atoms in total. The van der Waals surface area contributed by atoms with Crippen molar-refractivity contribution in [2.75, 3.05) is 12.3 Å². The second kappa shape index (κ2) is 7.74. The number of ether oxygens (including phenoxy) is 1. The standard InChI is InChI=1S/C17H27NO2S/c1-12-7-8-15(11-13(12)2)20-14(3)16(19)18-9-10-21-17(4,5)6/h7-8,11,14H,9-10H2,1-6H3,(H,18,19)/t14-/m1/s1. The zero-order chi connectivity index (χ0) is 16.0. The summed E-state index contributed by atoms with van der Waals surface area (Å²) in [6.45, 7) is 13.1. The molecule has 1 rings (SSSR count). The van der Waals surface area contributed by atoms with E-state index in [9.17, 15) is 4.79 Å². The SMILES string of the molecule is Cc1ccc(O[C@H](C)C(=O)NCCSC(C)(C)C)cc1C. The molecule has 0 fully saturated rings. The average Bonchev–Trinajstić information content (AvgIpc) is 2.37.